The number of nitrogens with zero attached hydrogens (tertiary/aromatic N) is 2. The molecule has 0 aliphatic rings. The van der Waals surface area contributed by atoms with Crippen LogP contribution in [-0.2, 0) is 15.2 Å². The van der Waals surface area contributed by atoms with Crippen LogP contribution in [0.3, 0.4) is 0 Å². The second kappa shape index (κ2) is 4.70. The van der Waals surface area contributed by atoms with Gasteiger partial charge in [0.2, 0.25) is 0 Å². The van der Waals surface area contributed by atoms with E-state index in [1.165, 1.54) is 0 Å². The lowest BCUT2D eigenvalue weighted by Crippen LogP contribution is -2.09. The van der Waals surface area contributed by atoms with Gasteiger partial charge in [-0.05, 0) is 12.1 Å². The van der Waals surface area contributed by atoms with Crippen molar-refractivity contribution in [3.63, 3.8) is 0 Å². The van der Waals surface area contributed by atoms with Crippen molar-refractivity contribution in [1.82, 2.24) is 15.2 Å². The molecule has 0 amide bonds. The van der Waals surface area contributed by atoms with Crippen molar-refractivity contribution < 1.29 is 26.0 Å². The van der Waals surface area contributed by atoms with Crippen molar-refractivity contribution in [2.24, 2.45) is 0 Å². The normalized spacial score (nSPS) is 12.7. The number of benzene rings is 1. The van der Waals surface area contributed by atoms with Gasteiger partial charge in [0, 0.05) is 10.7 Å². The van der Waals surface area contributed by atoms with Crippen LogP contribution >= 0.6 is 10.7 Å². The summed E-state index contributed by atoms with van der Waals surface area (Å²) in [6.07, 6.45) is -4.89. The molecule has 1 N–H and O–H groups in total. The number of nitrogens with one attached hydrogen (secondary N) is 1. The van der Waals surface area contributed by atoms with Gasteiger partial charge < -0.3 is 0 Å². The molecule has 20 heavy (non-hydrogen) atoms. The van der Waals surface area contributed by atoms with Gasteiger partial charge in [0.25, 0.3) is 14.2 Å². The predicted octanol–water partition coefficient (Wildman–Crippen LogP) is 2.56. The molecule has 0 radical (unpaired) electrons. The zero-order valence-corrected chi connectivity index (χ0v) is 10.8. The fraction of sp³-hybridized carbons (Fsp3) is 0.111. The Hall–Kier alpha value is -1.68. The highest BCUT2D eigenvalue weighted by molar-refractivity contribution is 8.13. The van der Waals surface area contributed by atoms with Crippen LogP contribution in [0.5, 0.6) is 0 Å². The average Bonchev–Trinajstić information content (AvgIpc) is 2.76. The van der Waals surface area contributed by atoms with E-state index < -0.39 is 43.2 Å². The Labute approximate surface area is 114 Å². The number of aromatic amines is 1. The van der Waals surface area contributed by atoms with Crippen molar-refractivity contribution >= 4 is 19.7 Å². The molecule has 5 nitrogen and oxygen atoms in total. The van der Waals surface area contributed by atoms with Crippen LogP contribution < -0.4 is 0 Å². The number of rotatable bonds is 2. The minimum Gasteiger partial charge on any atom is -0.248 e. The van der Waals surface area contributed by atoms with Gasteiger partial charge in [-0.15, -0.1) is 0 Å². The number of hydrogen-bond donors (Lipinski definition) is 1. The van der Waals surface area contributed by atoms with Gasteiger partial charge in [0.05, 0.1) is 11.1 Å². The summed E-state index contributed by atoms with van der Waals surface area (Å²) in [5, 5.41) is 4.44. The molecule has 1 aromatic heterocycles. The van der Waals surface area contributed by atoms with Crippen molar-refractivity contribution in [2.75, 3.05) is 0 Å². The number of H-pyrrole nitrogens is 1. The minimum atomic E-state index is -4.89. The smallest absolute Gasteiger partial charge is 0.248 e. The molecule has 0 unspecified atom stereocenters. The van der Waals surface area contributed by atoms with Gasteiger partial charge in [-0.3, -0.25) is 0 Å². The van der Waals surface area contributed by atoms with Crippen LogP contribution in [-0.4, -0.2) is 23.6 Å². The molecule has 108 valence electrons. The standard InChI is InChI=1S/C9H4ClF4N3O2S/c10-20(18,19)8-15-7(16-17-8)4-2-1-3-5(6(4)11)9(12,13)14/h1-3H,(H,15,16,17). The fourth-order valence-electron chi connectivity index (χ4n) is 1.40. The lowest BCUT2D eigenvalue weighted by atomic mass is 10.1. The molecule has 1 heterocycles. The van der Waals surface area contributed by atoms with Crippen LogP contribution in [0.25, 0.3) is 11.4 Å². The SMILES string of the molecule is O=S(=O)(Cl)c1nc(-c2cccc(C(F)(F)F)c2F)n[nH]1. The number of hydrogen-bond acceptors (Lipinski definition) is 4. The van der Waals surface area contributed by atoms with Gasteiger partial charge >= 0.3 is 6.18 Å². The largest absolute Gasteiger partial charge is 0.419 e. The van der Waals surface area contributed by atoms with Crippen molar-refractivity contribution in [2.45, 2.75) is 11.3 Å². The van der Waals surface area contributed by atoms with Gasteiger partial charge in [0.1, 0.15) is 5.82 Å². The first-order valence-corrected chi connectivity index (χ1v) is 7.15. The molecule has 2 aromatic rings. The van der Waals surface area contributed by atoms with Crippen molar-refractivity contribution in [1.29, 1.82) is 0 Å². The first-order valence-electron chi connectivity index (χ1n) is 4.84. The monoisotopic (exact) mass is 329 g/mol. The van der Waals surface area contributed by atoms with E-state index in [2.05, 4.69) is 10.1 Å². The summed E-state index contributed by atoms with van der Waals surface area (Å²) in [7, 11) is 0.725. The van der Waals surface area contributed by atoms with Crippen molar-refractivity contribution in [3.05, 3.63) is 29.6 Å². The number of aromatic nitrogens is 3. The summed E-state index contributed by atoms with van der Waals surface area (Å²) in [5.74, 6) is -2.15. The van der Waals surface area contributed by atoms with E-state index in [9.17, 15) is 26.0 Å². The lowest BCUT2D eigenvalue weighted by molar-refractivity contribution is -0.139. The Morgan fingerprint density at radius 2 is 1.90 bits per heavy atom. The quantitative estimate of drug-likeness (QED) is 0.678. The molecule has 0 aliphatic heterocycles. The molecule has 2 rings (SSSR count). The first-order chi connectivity index (χ1) is 9.10. The molecule has 0 spiro atoms. The topological polar surface area (TPSA) is 75.7 Å². The first kappa shape index (κ1) is 14.7. The Morgan fingerprint density at radius 1 is 1.25 bits per heavy atom. The van der Waals surface area contributed by atoms with E-state index in [1.54, 1.807) is 0 Å². The fourth-order valence-corrected chi connectivity index (χ4v) is 1.96. The van der Waals surface area contributed by atoms with E-state index >= 15 is 0 Å². The average molecular weight is 330 g/mol. The Balaban J connectivity index is 2.57. The van der Waals surface area contributed by atoms with Crippen LogP contribution in [0.1, 0.15) is 5.56 Å². The summed E-state index contributed by atoms with van der Waals surface area (Å²) in [5.41, 5.74) is -2.10. The summed E-state index contributed by atoms with van der Waals surface area (Å²) in [6, 6.07) is 2.48. The zero-order chi connectivity index (χ0) is 15.1. The van der Waals surface area contributed by atoms with Gasteiger partial charge in [-0.25, -0.2) is 17.9 Å². The molecule has 11 heteroatoms. The maximum Gasteiger partial charge on any atom is 0.419 e. The third-order valence-electron chi connectivity index (χ3n) is 2.24. The summed E-state index contributed by atoms with van der Waals surface area (Å²) in [6.45, 7) is 0. The number of alkyl halides is 3. The van der Waals surface area contributed by atoms with Gasteiger partial charge in [0.15, 0.2) is 5.82 Å². The van der Waals surface area contributed by atoms with Crippen LogP contribution in [0.2, 0.25) is 0 Å². The zero-order valence-electron chi connectivity index (χ0n) is 9.24. The van der Waals surface area contributed by atoms with Crippen molar-refractivity contribution in [3.8, 4) is 11.4 Å². The Bertz CT molecular complexity index is 757. The van der Waals surface area contributed by atoms with Crippen LogP contribution in [0.4, 0.5) is 17.6 Å². The molecule has 0 atom stereocenters. The summed E-state index contributed by atoms with van der Waals surface area (Å²) < 4.78 is 73.3. The molecule has 1 aromatic carbocycles. The predicted molar refractivity (Wildman–Crippen MR) is 59.8 cm³/mol. The second-order valence-corrected chi connectivity index (χ2v) is 6.05. The maximum atomic E-state index is 13.8. The lowest BCUT2D eigenvalue weighted by Gasteiger charge is -2.09. The van der Waals surface area contributed by atoms with Gasteiger partial charge in [-0.2, -0.15) is 23.3 Å². The Morgan fingerprint density at radius 3 is 2.40 bits per heavy atom. The molecule has 0 aliphatic carbocycles. The Kier molecular flexibility index (Phi) is 3.46. The van der Waals surface area contributed by atoms with Gasteiger partial charge in [-0.1, -0.05) is 6.07 Å². The van der Waals surface area contributed by atoms with E-state index in [0.29, 0.717) is 6.07 Å². The summed E-state index contributed by atoms with van der Waals surface area (Å²) in [4.78, 5) is 3.34. The third-order valence-corrected chi connectivity index (χ3v) is 3.32. The summed E-state index contributed by atoms with van der Waals surface area (Å²) >= 11 is 0. The van der Waals surface area contributed by atoms with E-state index in [-0.39, 0.29) is 0 Å². The minimum absolute atomic E-state index is 0.546. The molecule has 0 saturated carbocycles. The third kappa shape index (κ3) is 2.75. The maximum absolute atomic E-state index is 13.8. The van der Waals surface area contributed by atoms with Crippen LogP contribution in [0.15, 0.2) is 23.4 Å². The highest BCUT2D eigenvalue weighted by Crippen LogP contribution is 2.34. The van der Waals surface area contributed by atoms with E-state index in [1.807, 2.05) is 5.10 Å². The highest BCUT2D eigenvalue weighted by atomic mass is 35.7. The molecular weight excluding hydrogens is 326 g/mol. The second-order valence-electron chi connectivity index (χ2n) is 3.57. The molecular formula is C9H4ClF4N3O2S. The highest BCUT2D eigenvalue weighted by Gasteiger charge is 2.35. The molecule has 0 saturated heterocycles. The molecule has 0 bridgehead atoms. The van der Waals surface area contributed by atoms with Crippen LogP contribution in [0, 0.1) is 5.82 Å². The van der Waals surface area contributed by atoms with E-state index in [4.69, 9.17) is 10.7 Å². The molecule has 0 fully saturated rings. The van der Waals surface area contributed by atoms with E-state index in [0.717, 1.165) is 12.1 Å². The number of halogens is 5.